The first-order valence-electron chi connectivity index (χ1n) is 7.47. The lowest BCUT2D eigenvalue weighted by atomic mass is 10.1. The Kier molecular flexibility index (Phi) is 5.12. The number of ether oxygens (including phenoxy) is 1. The van der Waals surface area contributed by atoms with Gasteiger partial charge < -0.3 is 10.1 Å². The summed E-state index contributed by atoms with van der Waals surface area (Å²) < 4.78 is 5.41. The van der Waals surface area contributed by atoms with E-state index in [1.54, 1.807) is 24.3 Å². The van der Waals surface area contributed by atoms with Gasteiger partial charge in [0.05, 0.1) is 0 Å². The van der Waals surface area contributed by atoms with Crippen molar-refractivity contribution in [3.8, 4) is 5.75 Å². The summed E-state index contributed by atoms with van der Waals surface area (Å²) in [7, 11) is 0. The van der Waals surface area contributed by atoms with Crippen molar-refractivity contribution >= 4 is 23.2 Å². The van der Waals surface area contributed by atoms with Crippen molar-refractivity contribution in [3.63, 3.8) is 0 Å². The van der Waals surface area contributed by atoms with Crippen LogP contribution in [-0.4, -0.2) is 19.1 Å². The zero-order valence-electron chi connectivity index (χ0n) is 12.5. The Morgan fingerprint density at radius 2 is 1.91 bits per heavy atom. The number of hydrazine groups is 1. The molecule has 2 aromatic carbocycles. The van der Waals surface area contributed by atoms with Crippen LogP contribution in [-0.2, 0) is 4.79 Å². The van der Waals surface area contributed by atoms with E-state index < -0.39 is 0 Å². The van der Waals surface area contributed by atoms with Gasteiger partial charge in [0.2, 0.25) is 0 Å². The van der Waals surface area contributed by atoms with Gasteiger partial charge in [-0.25, -0.2) is 0 Å². The van der Waals surface area contributed by atoms with E-state index in [0.717, 1.165) is 18.7 Å². The van der Waals surface area contributed by atoms with Crippen LogP contribution in [0.4, 0.5) is 5.69 Å². The zero-order chi connectivity index (χ0) is 16.1. The predicted octanol–water partition coefficient (Wildman–Crippen LogP) is 2.90. The minimum atomic E-state index is -0.201. The van der Waals surface area contributed by atoms with Gasteiger partial charge in [0.1, 0.15) is 5.75 Å². The molecule has 0 spiro atoms. The second-order valence-corrected chi connectivity index (χ2v) is 5.76. The molecule has 1 unspecified atom stereocenters. The molecule has 3 N–H and O–H groups in total. The lowest BCUT2D eigenvalue weighted by Gasteiger charge is -2.11. The van der Waals surface area contributed by atoms with Crippen LogP contribution in [0.3, 0.4) is 0 Å². The number of halogens is 1. The van der Waals surface area contributed by atoms with E-state index in [2.05, 4.69) is 16.2 Å². The summed E-state index contributed by atoms with van der Waals surface area (Å²) in [6.07, 6.45) is 1.06. The van der Waals surface area contributed by atoms with E-state index >= 15 is 0 Å². The molecule has 1 aliphatic heterocycles. The van der Waals surface area contributed by atoms with Crippen molar-refractivity contribution in [2.24, 2.45) is 0 Å². The molecular weight excluding hydrogens is 314 g/mol. The monoisotopic (exact) mass is 331 g/mol. The molecule has 0 bridgehead atoms. The van der Waals surface area contributed by atoms with Crippen molar-refractivity contribution in [3.05, 3.63) is 59.1 Å². The number of hydrogen-bond acceptors (Lipinski definition) is 4. The van der Waals surface area contributed by atoms with Gasteiger partial charge in [-0.2, -0.15) is 0 Å². The number of carbonyl (C=O) groups excluding carboxylic acids is 1. The Balaban J connectivity index is 1.50. The van der Waals surface area contributed by atoms with Crippen LogP contribution in [0.25, 0.3) is 0 Å². The van der Waals surface area contributed by atoms with Crippen LogP contribution in [0.2, 0.25) is 5.02 Å². The normalized spacial score (nSPS) is 17.0. The number of amides is 1. The van der Waals surface area contributed by atoms with E-state index in [-0.39, 0.29) is 12.5 Å². The molecule has 0 radical (unpaired) electrons. The van der Waals surface area contributed by atoms with E-state index in [0.29, 0.717) is 16.8 Å². The van der Waals surface area contributed by atoms with Crippen molar-refractivity contribution in [2.45, 2.75) is 12.5 Å². The van der Waals surface area contributed by atoms with Gasteiger partial charge in [-0.15, -0.1) is 0 Å². The van der Waals surface area contributed by atoms with Crippen molar-refractivity contribution in [1.82, 2.24) is 10.9 Å². The molecular formula is C17H18ClN3O2. The Labute approximate surface area is 140 Å². The van der Waals surface area contributed by atoms with Crippen LogP contribution in [0.1, 0.15) is 18.0 Å². The van der Waals surface area contributed by atoms with E-state index in [1.165, 1.54) is 5.56 Å². The second-order valence-electron chi connectivity index (χ2n) is 5.33. The first kappa shape index (κ1) is 15.8. The predicted molar refractivity (Wildman–Crippen MR) is 90.5 cm³/mol. The minimum absolute atomic E-state index is 0.0442. The number of rotatable bonds is 5. The number of hydrogen-bond donors (Lipinski definition) is 3. The van der Waals surface area contributed by atoms with Gasteiger partial charge >= 0.3 is 0 Å². The van der Waals surface area contributed by atoms with E-state index in [4.69, 9.17) is 16.3 Å². The highest BCUT2D eigenvalue weighted by Gasteiger charge is 2.15. The summed E-state index contributed by atoms with van der Waals surface area (Å²) in [5.41, 5.74) is 8.27. The summed E-state index contributed by atoms with van der Waals surface area (Å²) in [4.78, 5) is 11.9. The Bertz CT molecular complexity index is 653. The Hall–Kier alpha value is -2.08. The van der Waals surface area contributed by atoms with Crippen LogP contribution in [0, 0.1) is 0 Å². The molecule has 1 heterocycles. The first-order valence-corrected chi connectivity index (χ1v) is 7.85. The number of nitrogens with one attached hydrogen (secondary N) is 3. The molecule has 5 nitrogen and oxygen atoms in total. The average molecular weight is 332 g/mol. The molecule has 120 valence electrons. The van der Waals surface area contributed by atoms with Gasteiger partial charge in [0.25, 0.3) is 5.91 Å². The number of anilines is 1. The molecule has 2 aromatic rings. The first-order chi connectivity index (χ1) is 11.2. The molecule has 1 saturated heterocycles. The maximum absolute atomic E-state index is 11.9. The SMILES string of the molecule is O=C(COc1ccc(Cl)cc1)Nc1ccc(C2CCNN2)cc1. The van der Waals surface area contributed by atoms with Crippen molar-refractivity contribution in [1.29, 1.82) is 0 Å². The summed E-state index contributed by atoms with van der Waals surface area (Å²) in [5, 5.41) is 3.45. The molecule has 23 heavy (non-hydrogen) atoms. The third kappa shape index (κ3) is 4.45. The molecule has 3 rings (SSSR count). The van der Waals surface area contributed by atoms with Gasteiger partial charge in [-0.1, -0.05) is 23.7 Å². The molecule has 6 heteroatoms. The van der Waals surface area contributed by atoms with Crippen molar-refractivity contribution < 1.29 is 9.53 Å². The largest absolute Gasteiger partial charge is 0.484 e. The quantitative estimate of drug-likeness (QED) is 0.788. The van der Waals surface area contributed by atoms with Gasteiger partial charge in [-0.3, -0.25) is 15.6 Å². The third-order valence-electron chi connectivity index (χ3n) is 3.61. The number of benzene rings is 2. The highest BCUT2D eigenvalue weighted by atomic mass is 35.5. The molecule has 1 amide bonds. The average Bonchev–Trinajstić information content (AvgIpc) is 3.09. The van der Waals surface area contributed by atoms with Crippen LogP contribution < -0.4 is 20.9 Å². The van der Waals surface area contributed by atoms with E-state index in [9.17, 15) is 4.79 Å². The second kappa shape index (κ2) is 7.46. The highest BCUT2D eigenvalue weighted by molar-refractivity contribution is 6.30. The van der Waals surface area contributed by atoms with Crippen LogP contribution >= 0.6 is 11.6 Å². The molecule has 1 fully saturated rings. The molecule has 1 atom stereocenters. The van der Waals surface area contributed by atoms with Gasteiger partial charge in [-0.05, 0) is 48.4 Å². The van der Waals surface area contributed by atoms with E-state index in [1.807, 2.05) is 24.3 Å². The topological polar surface area (TPSA) is 62.4 Å². The Morgan fingerprint density at radius 1 is 1.17 bits per heavy atom. The zero-order valence-corrected chi connectivity index (χ0v) is 13.3. The molecule has 1 aliphatic rings. The standard InChI is InChI=1S/C17H18ClN3O2/c18-13-3-7-15(8-4-13)23-11-17(22)20-14-5-1-12(2-6-14)16-9-10-19-21-16/h1-8,16,19,21H,9-11H2,(H,20,22). The fourth-order valence-corrected chi connectivity index (χ4v) is 2.54. The number of carbonyl (C=O) groups is 1. The van der Waals surface area contributed by atoms with Gasteiger partial charge in [0, 0.05) is 23.3 Å². The summed E-state index contributed by atoms with van der Waals surface area (Å²) in [5.74, 6) is 0.410. The lowest BCUT2D eigenvalue weighted by Crippen LogP contribution is -2.24. The molecule has 0 saturated carbocycles. The third-order valence-corrected chi connectivity index (χ3v) is 3.87. The smallest absolute Gasteiger partial charge is 0.262 e. The van der Waals surface area contributed by atoms with Crippen LogP contribution in [0.5, 0.6) is 5.75 Å². The Morgan fingerprint density at radius 3 is 2.57 bits per heavy atom. The highest BCUT2D eigenvalue weighted by Crippen LogP contribution is 2.20. The summed E-state index contributed by atoms with van der Waals surface area (Å²) >= 11 is 5.80. The summed E-state index contributed by atoms with van der Waals surface area (Å²) in [6.45, 7) is 0.919. The molecule has 0 aliphatic carbocycles. The maximum atomic E-state index is 11.9. The fourth-order valence-electron chi connectivity index (χ4n) is 2.41. The fraction of sp³-hybridized carbons (Fsp3) is 0.235. The molecule has 0 aromatic heterocycles. The lowest BCUT2D eigenvalue weighted by molar-refractivity contribution is -0.118. The summed E-state index contributed by atoms with van der Waals surface area (Å²) in [6, 6.07) is 15.1. The van der Waals surface area contributed by atoms with Crippen LogP contribution in [0.15, 0.2) is 48.5 Å². The van der Waals surface area contributed by atoms with Crippen molar-refractivity contribution in [2.75, 3.05) is 18.5 Å². The maximum Gasteiger partial charge on any atom is 0.262 e. The minimum Gasteiger partial charge on any atom is -0.484 e. The van der Waals surface area contributed by atoms with Gasteiger partial charge in [0.15, 0.2) is 6.61 Å².